The highest BCUT2D eigenvalue weighted by Crippen LogP contribution is 2.23. The number of anilines is 1. The molecule has 0 bridgehead atoms. The molecule has 4 nitrogen and oxygen atoms in total. The summed E-state index contributed by atoms with van der Waals surface area (Å²) in [4.78, 5) is 3.76. The molecule has 0 spiro atoms. The molecule has 7 heteroatoms. The van der Waals surface area contributed by atoms with Gasteiger partial charge < -0.3 is 11.1 Å². The molecule has 0 unspecified atom stereocenters. The third kappa shape index (κ3) is 3.02. The maximum Gasteiger partial charge on any atom is 0.276 e. The summed E-state index contributed by atoms with van der Waals surface area (Å²) in [6, 6.07) is 3.22. The number of alkyl halides is 2. The lowest BCUT2D eigenvalue weighted by atomic mass is 10.2. The van der Waals surface area contributed by atoms with Crippen LogP contribution in [0.25, 0.3) is 0 Å². The van der Waals surface area contributed by atoms with E-state index in [9.17, 15) is 8.78 Å². The number of nitriles is 1. The number of hydrogen-bond acceptors (Lipinski definition) is 4. The van der Waals surface area contributed by atoms with Crippen LogP contribution in [0.5, 0.6) is 0 Å². The fraction of sp³-hybridized carbons (Fsp3) is 0.333. The largest absolute Gasteiger partial charge is 0.363 e. The molecule has 0 saturated carbocycles. The molecular formula is C9H9ClF2N4. The van der Waals surface area contributed by atoms with Gasteiger partial charge in [-0.2, -0.15) is 5.26 Å². The van der Waals surface area contributed by atoms with E-state index >= 15 is 0 Å². The number of nitrogens with one attached hydrogen (secondary N) is 1. The Morgan fingerprint density at radius 3 is 2.88 bits per heavy atom. The predicted molar refractivity (Wildman–Crippen MR) is 56.5 cm³/mol. The number of pyridine rings is 1. The molecule has 0 aliphatic carbocycles. The Hall–Kier alpha value is -1.45. The van der Waals surface area contributed by atoms with Gasteiger partial charge >= 0.3 is 0 Å². The van der Waals surface area contributed by atoms with E-state index in [-0.39, 0.29) is 16.4 Å². The maximum atomic E-state index is 12.8. The number of nitrogens with zero attached hydrogens (tertiary/aromatic N) is 2. The molecule has 86 valence electrons. The lowest BCUT2D eigenvalue weighted by molar-refractivity contribution is 0.0253. The van der Waals surface area contributed by atoms with Gasteiger partial charge in [-0.25, -0.2) is 13.8 Å². The van der Waals surface area contributed by atoms with Gasteiger partial charge in [0.25, 0.3) is 5.92 Å². The quantitative estimate of drug-likeness (QED) is 0.846. The molecule has 0 aliphatic heterocycles. The van der Waals surface area contributed by atoms with Crippen LogP contribution in [-0.4, -0.2) is 24.0 Å². The van der Waals surface area contributed by atoms with Crippen molar-refractivity contribution in [1.29, 1.82) is 5.26 Å². The first kappa shape index (κ1) is 12.6. The Bertz CT molecular complexity index is 416. The molecule has 1 aromatic rings. The summed E-state index contributed by atoms with van der Waals surface area (Å²) in [5.41, 5.74) is 5.04. The Kier molecular flexibility index (Phi) is 3.99. The van der Waals surface area contributed by atoms with E-state index in [2.05, 4.69) is 10.3 Å². The fourth-order valence-corrected chi connectivity index (χ4v) is 1.16. The standard InChI is InChI=1S/C9H9ClF2N4/c10-7-6(3-13)1-2-15-8(7)16-5-9(11,12)4-14/h1-2H,4-5,14H2,(H,15,16). The zero-order chi connectivity index (χ0) is 12.2. The third-order valence-corrected chi connectivity index (χ3v) is 2.21. The van der Waals surface area contributed by atoms with E-state index in [0.717, 1.165) is 0 Å². The molecule has 0 saturated heterocycles. The van der Waals surface area contributed by atoms with Gasteiger partial charge in [0, 0.05) is 6.20 Å². The molecule has 0 amide bonds. The monoisotopic (exact) mass is 246 g/mol. The smallest absolute Gasteiger partial charge is 0.276 e. The van der Waals surface area contributed by atoms with Crippen molar-refractivity contribution < 1.29 is 8.78 Å². The Morgan fingerprint density at radius 2 is 2.31 bits per heavy atom. The van der Waals surface area contributed by atoms with Crippen molar-refractivity contribution in [1.82, 2.24) is 4.98 Å². The normalized spacial score (nSPS) is 10.9. The van der Waals surface area contributed by atoms with Gasteiger partial charge in [-0.1, -0.05) is 11.6 Å². The minimum atomic E-state index is -3.03. The second-order valence-corrected chi connectivity index (χ2v) is 3.42. The Balaban J connectivity index is 2.80. The van der Waals surface area contributed by atoms with Gasteiger partial charge in [0.2, 0.25) is 0 Å². The van der Waals surface area contributed by atoms with Crippen LogP contribution in [0.1, 0.15) is 5.56 Å². The highest BCUT2D eigenvalue weighted by molar-refractivity contribution is 6.34. The first-order valence-electron chi connectivity index (χ1n) is 4.36. The number of halogens is 3. The Labute approximate surface area is 96.0 Å². The van der Waals surface area contributed by atoms with Crippen LogP contribution in [-0.2, 0) is 0 Å². The Morgan fingerprint density at radius 1 is 1.62 bits per heavy atom. The molecule has 1 rings (SSSR count). The van der Waals surface area contributed by atoms with Crippen LogP contribution in [0, 0.1) is 11.3 Å². The predicted octanol–water partition coefficient (Wildman–Crippen LogP) is 1.61. The van der Waals surface area contributed by atoms with Crippen LogP contribution >= 0.6 is 11.6 Å². The number of aromatic nitrogens is 1. The molecule has 1 heterocycles. The molecule has 0 radical (unpaired) electrons. The van der Waals surface area contributed by atoms with Crippen molar-refractivity contribution in [3.63, 3.8) is 0 Å². The van der Waals surface area contributed by atoms with E-state index in [0.29, 0.717) is 0 Å². The highest BCUT2D eigenvalue weighted by atomic mass is 35.5. The lowest BCUT2D eigenvalue weighted by Gasteiger charge is -2.15. The molecular weight excluding hydrogens is 238 g/mol. The number of hydrogen-bond donors (Lipinski definition) is 2. The van der Waals surface area contributed by atoms with Gasteiger partial charge in [-0.3, -0.25) is 0 Å². The van der Waals surface area contributed by atoms with Gasteiger partial charge in [-0.15, -0.1) is 0 Å². The van der Waals surface area contributed by atoms with E-state index in [4.69, 9.17) is 22.6 Å². The second-order valence-electron chi connectivity index (χ2n) is 3.05. The van der Waals surface area contributed by atoms with Crippen LogP contribution in [0.2, 0.25) is 5.02 Å². The number of rotatable bonds is 4. The molecule has 0 aliphatic rings. The van der Waals surface area contributed by atoms with E-state index in [1.165, 1.54) is 12.3 Å². The third-order valence-electron chi connectivity index (χ3n) is 1.82. The molecule has 16 heavy (non-hydrogen) atoms. The van der Waals surface area contributed by atoms with E-state index in [1.807, 2.05) is 6.07 Å². The summed E-state index contributed by atoms with van der Waals surface area (Å²) in [6.45, 7) is -1.44. The fourth-order valence-electron chi connectivity index (χ4n) is 0.939. The van der Waals surface area contributed by atoms with Crippen molar-refractivity contribution in [2.75, 3.05) is 18.4 Å². The summed E-state index contributed by atoms with van der Waals surface area (Å²) in [6.07, 6.45) is 1.31. The van der Waals surface area contributed by atoms with Gasteiger partial charge in [0.15, 0.2) is 0 Å². The van der Waals surface area contributed by atoms with Gasteiger partial charge in [0.05, 0.1) is 18.7 Å². The average molecular weight is 247 g/mol. The summed E-state index contributed by atoms with van der Waals surface area (Å²) < 4.78 is 25.7. The van der Waals surface area contributed by atoms with Gasteiger partial charge in [-0.05, 0) is 6.07 Å². The molecule has 1 aromatic heterocycles. The van der Waals surface area contributed by atoms with Crippen molar-refractivity contribution in [3.8, 4) is 6.07 Å². The number of nitrogens with two attached hydrogens (primary N) is 1. The summed E-state index contributed by atoms with van der Waals surface area (Å²) in [7, 11) is 0. The zero-order valence-electron chi connectivity index (χ0n) is 8.17. The van der Waals surface area contributed by atoms with Gasteiger partial charge in [0.1, 0.15) is 16.9 Å². The average Bonchev–Trinajstić information content (AvgIpc) is 2.28. The first-order chi connectivity index (χ1) is 7.50. The van der Waals surface area contributed by atoms with Crippen molar-refractivity contribution in [3.05, 3.63) is 22.8 Å². The summed E-state index contributed by atoms with van der Waals surface area (Å²) >= 11 is 5.76. The molecule has 0 atom stereocenters. The van der Waals surface area contributed by atoms with Crippen LogP contribution in [0.15, 0.2) is 12.3 Å². The minimum absolute atomic E-state index is 0.0258. The van der Waals surface area contributed by atoms with Crippen LogP contribution < -0.4 is 11.1 Å². The molecule has 0 fully saturated rings. The highest BCUT2D eigenvalue weighted by Gasteiger charge is 2.26. The molecule has 3 N–H and O–H groups in total. The molecule has 0 aromatic carbocycles. The summed E-state index contributed by atoms with van der Waals surface area (Å²) in [5.74, 6) is -2.98. The van der Waals surface area contributed by atoms with Crippen molar-refractivity contribution >= 4 is 17.4 Å². The zero-order valence-corrected chi connectivity index (χ0v) is 8.93. The van der Waals surface area contributed by atoms with E-state index < -0.39 is 19.0 Å². The van der Waals surface area contributed by atoms with Crippen LogP contribution in [0.4, 0.5) is 14.6 Å². The maximum absolute atomic E-state index is 12.8. The lowest BCUT2D eigenvalue weighted by Crippen LogP contribution is -2.35. The topological polar surface area (TPSA) is 74.7 Å². The van der Waals surface area contributed by atoms with Crippen LogP contribution in [0.3, 0.4) is 0 Å². The first-order valence-corrected chi connectivity index (χ1v) is 4.74. The van der Waals surface area contributed by atoms with Crippen molar-refractivity contribution in [2.24, 2.45) is 5.73 Å². The summed E-state index contributed by atoms with van der Waals surface area (Å²) in [5, 5.41) is 11.0. The SMILES string of the molecule is N#Cc1ccnc(NCC(F)(F)CN)c1Cl. The minimum Gasteiger partial charge on any atom is -0.363 e. The second kappa shape index (κ2) is 5.05. The van der Waals surface area contributed by atoms with E-state index in [1.54, 1.807) is 0 Å². The van der Waals surface area contributed by atoms with Crippen molar-refractivity contribution in [2.45, 2.75) is 5.92 Å².